The van der Waals surface area contributed by atoms with E-state index in [2.05, 4.69) is 0 Å². The lowest BCUT2D eigenvalue weighted by Crippen LogP contribution is -2.15. The number of rotatable bonds is 5. The Balaban J connectivity index is 2.14. The molecular weight excluding hydrogens is 401 g/mol. The van der Waals surface area contributed by atoms with Crippen molar-refractivity contribution >= 4 is 46.0 Å². The summed E-state index contributed by atoms with van der Waals surface area (Å²) in [4.78, 5) is 25.4. The van der Waals surface area contributed by atoms with Gasteiger partial charge in [0.05, 0.1) is 19.0 Å². The molecule has 146 valence electrons. The summed E-state index contributed by atoms with van der Waals surface area (Å²) >= 11 is 11.7. The zero-order valence-electron chi connectivity index (χ0n) is 15.7. The maximum atomic E-state index is 13.2. The molecule has 2 aromatic carbocycles. The van der Waals surface area contributed by atoms with Gasteiger partial charge in [0.25, 0.3) is 5.91 Å². The average Bonchev–Trinajstić information content (AvgIpc) is 2.92. The lowest BCUT2D eigenvalue weighted by Gasteiger charge is -2.08. The molecule has 3 aromatic rings. The van der Waals surface area contributed by atoms with E-state index in [1.54, 1.807) is 68.0 Å². The van der Waals surface area contributed by atoms with E-state index in [4.69, 9.17) is 32.7 Å². The topological polar surface area (TPSA) is 57.5 Å². The molecule has 1 atom stereocenters. The van der Waals surface area contributed by atoms with E-state index in [0.717, 1.165) is 5.39 Å². The van der Waals surface area contributed by atoms with Gasteiger partial charge in [-0.3, -0.25) is 14.2 Å². The Kier molecular flexibility index (Phi) is 5.96. The van der Waals surface area contributed by atoms with E-state index in [9.17, 15) is 9.59 Å². The number of hydrogen-bond donors (Lipinski definition) is 0. The Morgan fingerprint density at radius 3 is 2.43 bits per heavy atom. The van der Waals surface area contributed by atoms with E-state index < -0.39 is 11.5 Å². The Hall–Kier alpha value is -2.50. The summed E-state index contributed by atoms with van der Waals surface area (Å²) in [5.41, 5.74) is 1.79. The molecule has 5 nitrogen and oxygen atoms in total. The predicted octanol–water partition coefficient (Wildman–Crippen LogP) is 4.97. The van der Waals surface area contributed by atoms with Gasteiger partial charge in [-0.1, -0.05) is 23.2 Å². The second kappa shape index (κ2) is 8.25. The molecule has 0 fully saturated rings. The van der Waals surface area contributed by atoms with Crippen molar-refractivity contribution in [3.63, 3.8) is 0 Å². The number of aromatic nitrogens is 1. The Morgan fingerprint density at radius 1 is 1.14 bits per heavy atom. The summed E-state index contributed by atoms with van der Waals surface area (Å²) in [6.07, 6.45) is -0.00649. The molecule has 0 saturated heterocycles. The predicted molar refractivity (Wildman–Crippen MR) is 110 cm³/mol. The van der Waals surface area contributed by atoms with Crippen LogP contribution >= 0.6 is 23.2 Å². The largest absolute Gasteiger partial charge is 0.497 e. The smallest absolute Gasteiger partial charge is 0.311 e. The maximum Gasteiger partial charge on any atom is 0.311 e. The molecule has 7 heteroatoms. The van der Waals surface area contributed by atoms with Gasteiger partial charge in [-0.2, -0.15) is 0 Å². The fourth-order valence-corrected chi connectivity index (χ4v) is 3.39. The van der Waals surface area contributed by atoms with Gasteiger partial charge in [0.2, 0.25) is 0 Å². The van der Waals surface area contributed by atoms with Crippen molar-refractivity contribution in [3.8, 4) is 5.75 Å². The van der Waals surface area contributed by atoms with Crippen molar-refractivity contribution in [2.45, 2.75) is 25.8 Å². The van der Waals surface area contributed by atoms with Crippen LogP contribution in [0.25, 0.3) is 10.9 Å². The number of benzene rings is 2. The molecule has 0 spiro atoms. The van der Waals surface area contributed by atoms with Crippen molar-refractivity contribution in [1.29, 1.82) is 0 Å². The Labute approximate surface area is 172 Å². The first-order chi connectivity index (χ1) is 13.3. The monoisotopic (exact) mass is 419 g/mol. The van der Waals surface area contributed by atoms with E-state index in [0.29, 0.717) is 33.1 Å². The first kappa shape index (κ1) is 20.2. The minimum absolute atomic E-state index is 0.00649. The second-order valence-corrected chi connectivity index (χ2v) is 7.36. The zero-order valence-corrected chi connectivity index (χ0v) is 17.2. The standard InChI is InChI=1S/C21H19Cl2NO4/c1-12-17(11-20(25)28-13(2)22)18-10-16(27-3)8-9-19(18)24(12)21(26)14-4-6-15(23)7-5-14/h4-10,13H,11H2,1-3H3. The highest BCUT2D eigenvalue weighted by atomic mass is 35.5. The van der Waals surface area contributed by atoms with Crippen molar-refractivity contribution in [3.05, 3.63) is 64.3 Å². The lowest BCUT2D eigenvalue weighted by atomic mass is 10.1. The summed E-state index contributed by atoms with van der Waals surface area (Å²) < 4.78 is 12.0. The summed E-state index contributed by atoms with van der Waals surface area (Å²) in [6.45, 7) is 3.37. The quantitative estimate of drug-likeness (QED) is 0.432. The van der Waals surface area contributed by atoms with Crippen LogP contribution in [-0.4, -0.2) is 29.1 Å². The molecule has 28 heavy (non-hydrogen) atoms. The minimum Gasteiger partial charge on any atom is -0.497 e. The Morgan fingerprint density at radius 2 is 1.82 bits per heavy atom. The summed E-state index contributed by atoms with van der Waals surface area (Å²) in [5, 5.41) is 1.30. The Bertz CT molecular complexity index is 1040. The fraction of sp³-hybridized carbons (Fsp3) is 0.238. The number of carbonyl (C=O) groups excluding carboxylic acids is 2. The van der Waals surface area contributed by atoms with Gasteiger partial charge in [0.1, 0.15) is 5.75 Å². The molecule has 1 heterocycles. The number of alkyl halides is 1. The molecule has 0 aliphatic rings. The first-order valence-corrected chi connectivity index (χ1v) is 9.45. The van der Waals surface area contributed by atoms with Crippen molar-refractivity contribution < 1.29 is 19.1 Å². The minimum atomic E-state index is -0.730. The van der Waals surface area contributed by atoms with Gasteiger partial charge in [0.15, 0.2) is 5.56 Å². The van der Waals surface area contributed by atoms with Gasteiger partial charge in [-0.15, -0.1) is 0 Å². The highest BCUT2D eigenvalue weighted by Crippen LogP contribution is 2.31. The van der Waals surface area contributed by atoms with E-state index in [1.165, 1.54) is 0 Å². The van der Waals surface area contributed by atoms with Gasteiger partial charge in [0, 0.05) is 21.7 Å². The number of ether oxygens (including phenoxy) is 2. The number of hydrogen-bond acceptors (Lipinski definition) is 4. The van der Waals surface area contributed by atoms with Crippen molar-refractivity contribution in [2.24, 2.45) is 0 Å². The molecule has 0 bridgehead atoms. The second-order valence-electron chi connectivity index (χ2n) is 6.30. The number of esters is 1. The van der Waals surface area contributed by atoms with Crippen LogP contribution < -0.4 is 4.74 Å². The lowest BCUT2D eigenvalue weighted by molar-refractivity contribution is -0.143. The van der Waals surface area contributed by atoms with Gasteiger partial charge < -0.3 is 9.47 Å². The average molecular weight is 420 g/mol. The van der Waals surface area contributed by atoms with E-state index in [-0.39, 0.29) is 12.3 Å². The van der Waals surface area contributed by atoms with Crippen LogP contribution in [0.1, 0.15) is 28.5 Å². The van der Waals surface area contributed by atoms with Gasteiger partial charge in [-0.25, -0.2) is 0 Å². The third-order valence-corrected chi connectivity index (χ3v) is 4.79. The third-order valence-electron chi connectivity index (χ3n) is 4.45. The van der Waals surface area contributed by atoms with E-state index in [1.807, 2.05) is 0 Å². The summed E-state index contributed by atoms with van der Waals surface area (Å²) in [7, 11) is 1.56. The van der Waals surface area contributed by atoms with Crippen LogP contribution in [0.5, 0.6) is 5.75 Å². The molecule has 0 amide bonds. The summed E-state index contributed by atoms with van der Waals surface area (Å²) in [5.74, 6) is -0.0509. The normalized spacial score (nSPS) is 12.0. The molecular formula is C21H19Cl2NO4. The van der Waals surface area contributed by atoms with Crippen LogP contribution in [-0.2, 0) is 16.0 Å². The fourth-order valence-electron chi connectivity index (χ4n) is 3.16. The van der Waals surface area contributed by atoms with Crippen LogP contribution in [0.2, 0.25) is 5.02 Å². The number of carbonyl (C=O) groups is 2. The van der Waals surface area contributed by atoms with E-state index >= 15 is 0 Å². The van der Waals surface area contributed by atoms with Gasteiger partial charge >= 0.3 is 5.97 Å². The molecule has 0 saturated carbocycles. The molecule has 1 unspecified atom stereocenters. The number of fused-ring (bicyclic) bond motifs is 1. The molecule has 3 rings (SSSR count). The van der Waals surface area contributed by atoms with Crippen molar-refractivity contribution in [1.82, 2.24) is 4.57 Å². The van der Waals surface area contributed by atoms with Crippen molar-refractivity contribution in [2.75, 3.05) is 7.11 Å². The SMILES string of the molecule is COc1ccc2c(c1)c(CC(=O)OC(C)Cl)c(C)n2C(=O)c1ccc(Cl)cc1. The molecule has 1 aromatic heterocycles. The third kappa shape index (κ3) is 4.01. The van der Waals surface area contributed by atoms with Crippen LogP contribution in [0, 0.1) is 6.92 Å². The number of methoxy groups -OCH3 is 1. The summed E-state index contributed by atoms with van der Waals surface area (Å²) in [6, 6.07) is 12.0. The molecule has 0 aliphatic heterocycles. The first-order valence-electron chi connectivity index (χ1n) is 8.63. The highest BCUT2D eigenvalue weighted by molar-refractivity contribution is 6.30. The highest BCUT2D eigenvalue weighted by Gasteiger charge is 2.22. The van der Waals surface area contributed by atoms with Crippen LogP contribution in [0.4, 0.5) is 0 Å². The van der Waals surface area contributed by atoms with Crippen LogP contribution in [0.3, 0.4) is 0 Å². The molecule has 0 radical (unpaired) electrons. The number of halogens is 2. The van der Waals surface area contributed by atoms with Gasteiger partial charge in [-0.05, 0) is 61.9 Å². The maximum absolute atomic E-state index is 13.2. The molecule has 0 N–H and O–H groups in total. The number of nitrogens with zero attached hydrogens (tertiary/aromatic N) is 1. The zero-order chi connectivity index (χ0) is 20.4. The van der Waals surface area contributed by atoms with Crippen LogP contribution in [0.15, 0.2) is 42.5 Å². The molecule has 0 aliphatic carbocycles.